The Bertz CT molecular complexity index is 524. The zero-order chi connectivity index (χ0) is 14.2. The lowest BCUT2D eigenvalue weighted by molar-refractivity contribution is -0.121. The number of aromatic nitrogens is 3. The van der Waals surface area contributed by atoms with E-state index in [0.29, 0.717) is 37.4 Å². The number of hydrogen-bond acceptors (Lipinski definition) is 5. The van der Waals surface area contributed by atoms with Crippen LogP contribution in [0.3, 0.4) is 0 Å². The minimum Gasteiger partial charge on any atom is -0.493 e. The number of carbonyl (C=O) groups excluding carboxylic acids is 1. The van der Waals surface area contributed by atoms with Crippen molar-refractivity contribution in [1.29, 1.82) is 0 Å². The fourth-order valence-electron chi connectivity index (χ4n) is 1.59. The van der Waals surface area contributed by atoms with E-state index >= 15 is 0 Å². The largest absolute Gasteiger partial charge is 0.493 e. The molecule has 7 nitrogen and oxygen atoms in total. The first-order valence-electron chi connectivity index (χ1n) is 6.33. The first kappa shape index (κ1) is 13.9. The number of carbonyl (C=O) groups is 1. The summed E-state index contributed by atoms with van der Waals surface area (Å²) in [5.41, 5.74) is 6.25. The number of anilines is 1. The Morgan fingerprint density at radius 3 is 2.85 bits per heavy atom. The van der Waals surface area contributed by atoms with Crippen LogP contribution in [0.4, 0.5) is 5.69 Å². The van der Waals surface area contributed by atoms with Crippen molar-refractivity contribution < 1.29 is 9.53 Å². The van der Waals surface area contributed by atoms with Crippen LogP contribution in [0.1, 0.15) is 12.2 Å². The molecule has 0 unspecified atom stereocenters. The average Bonchev–Trinajstić information content (AvgIpc) is 2.94. The monoisotopic (exact) mass is 275 g/mol. The summed E-state index contributed by atoms with van der Waals surface area (Å²) in [6, 6.07) is 7.06. The summed E-state index contributed by atoms with van der Waals surface area (Å²) in [6.07, 6.45) is 2.38. The van der Waals surface area contributed by atoms with Crippen LogP contribution in [0.15, 0.2) is 30.6 Å². The number of nitrogen functional groups attached to an aromatic ring is 1. The molecule has 20 heavy (non-hydrogen) atoms. The fraction of sp³-hybridized carbons (Fsp3) is 0.308. The normalized spacial score (nSPS) is 10.2. The number of H-pyrrole nitrogens is 1. The highest BCUT2D eigenvalue weighted by Gasteiger charge is 2.02. The quantitative estimate of drug-likeness (QED) is 0.639. The van der Waals surface area contributed by atoms with Gasteiger partial charge in [0.15, 0.2) is 0 Å². The van der Waals surface area contributed by atoms with Crippen LogP contribution in [-0.4, -0.2) is 34.2 Å². The van der Waals surface area contributed by atoms with E-state index in [1.807, 2.05) is 0 Å². The number of amides is 1. The second-order valence-corrected chi connectivity index (χ2v) is 4.20. The molecule has 0 fully saturated rings. The second-order valence-electron chi connectivity index (χ2n) is 4.20. The Hall–Kier alpha value is -2.57. The maximum absolute atomic E-state index is 11.6. The van der Waals surface area contributed by atoms with Crippen molar-refractivity contribution >= 4 is 11.6 Å². The van der Waals surface area contributed by atoms with Gasteiger partial charge in [0.1, 0.15) is 17.9 Å². The van der Waals surface area contributed by atoms with Crippen LogP contribution in [-0.2, 0) is 11.2 Å². The van der Waals surface area contributed by atoms with Gasteiger partial charge in [0.2, 0.25) is 5.91 Å². The number of benzene rings is 1. The third-order valence-electron chi connectivity index (χ3n) is 2.63. The molecule has 106 valence electrons. The molecule has 1 amide bonds. The molecule has 7 heteroatoms. The Labute approximate surface area is 116 Å². The molecule has 0 saturated heterocycles. The van der Waals surface area contributed by atoms with E-state index in [1.165, 1.54) is 6.33 Å². The highest BCUT2D eigenvalue weighted by Crippen LogP contribution is 2.12. The minimum absolute atomic E-state index is 0.0556. The molecule has 0 atom stereocenters. The summed E-state index contributed by atoms with van der Waals surface area (Å²) in [4.78, 5) is 15.5. The van der Waals surface area contributed by atoms with Gasteiger partial charge in [-0.05, 0) is 24.3 Å². The van der Waals surface area contributed by atoms with Gasteiger partial charge in [-0.2, -0.15) is 5.10 Å². The fourth-order valence-corrected chi connectivity index (χ4v) is 1.59. The van der Waals surface area contributed by atoms with Gasteiger partial charge in [0.25, 0.3) is 0 Å². The lowest BCUT2D eigenvalue weighted by Gasteiger charge is -2.07. The van der Waals surface area contributed by atoms with Crippen molar-refractivity contribution in [2.45, 2.75) is 12.8 Å². The number of rotatable bonds is 7. The standard InChI is InChI=1S/C13H17N5O2/c14-10-1-3-11(4-2-10)20-8-6-13(19)15-7-5-12-16-9-17-18-12/h1-4,9H,5-8,14H2,(H,15,19)(H,16,17,18). The summed E-state index contributed by atoms with van der Waals surface area (Å²) in [6.45, 7) is 0.855. The predicted octanol–water partition coefficient (Wildman–Crippen LogP) is 0.515. The van der Waals surface area contributed by atoms with Crippen LogP contribution in [0.5, 0.6) is 5.75 Å². The molecule has 0 radical (unpaired) electrons. The number of ether oxygens (including phenoxy) is 1. The van der Waals surface area contributed by atoms with Gasteiger partial charge in [0.05, 0.1) is 13.0 Å². The van der Waals surface area contributed by atoms with Gasteiger partial charge in [0, 0.05) is 18.7 Å². The van der Waals surface area contributed by atoms with Crippen molar-refractivity contribution in [3.05, 3.63) is 36.4 Å². The Morgan fingerprint density at radius 2 is 2.15 bits per heavy atom. The highest BCUT2D eigenvalue weighted by molar-refractivity contribution is 5.75. The zero-order valence-electron chi connectivity index (χ0n) is 11.0. The molecule has 2 rings (SSSR count). The molecule has 4 N–H and O–H groups in total. The molecule has 0 saturated carbocycles. The van der Waals surface area contributed by atoms with E-state index in [-0.39, 0.29) is 5.91 Å². The maximum Gasteiger partial charge on any atom is 0.223 e. The minimum atomic E-state index is -0.0556. The Kier molecular flexibility index (Phi) is 4.94. The smallest absolute Gasteiger partial charge is 0.223 e. The van der Waals surface area contributed by atoms with Gasteiger partial charge in [-0.25, -0.2) is 4.98 Å². The van der Waals surface area contributed by atoms with Crippen molar-refractivity contribution in [1.82, 2.24) is 20.5 Å². The topological polar surface area (TPSA) is 106 Å². The molecule has 2 aromatic rings. The first-order chi connectivity index (χ1) is 9.74. The number of nitrogens with zero attached hydrogens (tertiary/aromatic N) is 2. The Morgan fingerprint density at radius 1 is 1.35 bits per heavy atom. The number of hydrogen-bond donors (Lipinski definition) is 3. The molecule has 1 heterocycles. The third kappa shape index (κ3) is 4.60. The molecule has 1 aromatic heterocycles. The molecule has 1 aromatic carbocycles. The summed E-state index contributed by atoms with van der Waals surface area (Å²) >= 11 is 0. The summed E-state index contributed by atoms with van der Waals surface area (Å²) in [7, 11) is 0. The SMILES string of the molecule is Nc1ccc(OCCC(=O)NCCc2ncn[nH]2)cc1. The molecular formula is C13H17N5O2. The predicted molar refractivity (Wildman–Crippen MR) is 74.1 cm³/mol. The van der Waals surface area contributed by atoms with Gasteiger partial charge in [-0.1, -0.05) is 0 Å². The summed E-state index contributed by atoms with van der Waals surface area (Å²) in [5, 5.41) is 9.25. The highest BCUT2D eigenvalue weighted by atomic mass is 16.5. The van der Waals surface area contributed by atoms with Crippen molar-refractivity contribution in [3.8, 4) is 5.75 Å². The molecule has 0 spiro atoms. The van der Waals surface area contributed by atoms with Crippen LogP contribution in [0.2, 0.25) is 0 Å². The van der Waals surface area contributed by atoms with Gasteiger partial charge in [-0.15, -0.1) is 0 Å². The van der Waals surface area contributed by atoms with E-state index in [1.54, 1.807) is 24.3 Å². The number of nitrogens with one attached hydrogen (secondary N) is 2. The van der Waals surface area contributed by atoms with E-state index in [9.17, 15) is 4.79 Å². The third-order valence-corrected chi connectivity index (χ3v) is 2.63. The van der Waals surface area contributed by atoms with Gasteiger partial charge < -0.3 is 15.8 Å². The van der Waals surface area contributed by atoms with Crippen molar-refractivity contribution in [2.75, 3.05) is 18.9 Å². The van der Waals surface area contributed by atoms with Crippen molar-refractivity contribution in [3.63, 3.8) is 0 Å². The molecule has 0 bridgehead atoms. The van der Waals surface area contributed by atoms with E-state index in [2.05, 4.69) is 20.5 Å². The summed E-state index contributed by atoms with van der Waals surface area (Å²) in [5.74, 6) is 1.40. The molecule has 0 aliphatic rings. The maximum atomic E-state index is 11.6. The average molecular weight is 275 g/mol. The molecule has 0 aliphatic carbocycles. The lowest BCUT2D eigenvalue weighted by atomic mass is 10.3. The van der Waals surface area contributed by atoms with Crippen LogP contribution in [0, 0.1) is 0 Å². The zero-order valence-corrected chi connectivity index (χ0v) is 11.0. The Balaban J connectivity index is 1.59. The number of aromatic amines is 1. The van der Waals surface area contributed by atoms with Crippen LogP contribution >= 0.6 is 0 Å². The van der Waals surface area contributed by atoms with E-state index in [0.717, 1.165) is 5.82 Å². The molecular weight excluding hydrogens is 258 g/mol. The van der Waals surface area contributed by atoms with Crippen molar-refractivity contribution in [2.24, 2.45) is 0 Å². The lowest BCUT2D eigenvalue weighted by Crippen LogP contribution is -2.27. The summed E-state index contributed by atoms with van der Waals surface area (Å²) < 4.78 is 5.44. The van der Waals surface area contributed by atoms with Crippen LogP contribution < -0.4 is 15.8 Å². The second kappa shape index (κ2) is 7.13. The van der Waals surface area contributed by atoms with E-state index in [4.69, 9.17) is 10.5 Å². The molecule has 0 aliphatic heterocycles. The van der Waals surface area contributed by atoms with Crippen LogP contribution in [0.25, 0.3) is 0 Å². The number of nitrogens with two attached hydrogens (primary N) is 1. The van der Waals surface area contributed by atoms with Gasteiger partial charge in [-0.3, -0.25) is 9.89 Å². The van der Waals surface area contributed by atoms with E-state index < -0.39 is 0 Å². The first-order valence-corrected chi connectivity index (χ1v) is 6.33. The van der Waals surface area contributed by atoms with Gasteiger partial charge >= 0.3 is 0 Å².